The van der Waals surface area contributed by atoms with Crippen LogP contribution in [0.25, 0.3) is 0 Å². The van der Waals surface area contributed by atoms with Crippen molar-refractivity contribution in [1.82, 2.24) is 0 Å². The highest BCUT2D eigenvalue weighted by Crippen LogP contribution is 2.26. The van der Waals surface area contributed by atoms with Gasteiger partial charge in [-0.05, 0) is 37.6 Å². The number of carboxylic acid groups (broad SMARTS) is 1. The van der Waals surface area contributed by atoms with Crippen molar-refractivity contribution in [2.24, 2.45) is 0 Å². The summed E-state index contributed by atoms with van der Waals surface area (Å²) in [6.07, 6.45) is 0. The monoisotopic (exact) mass is 280 g/mol. The molecule has 1 N–H and O–H groups in total. The smallest absolute Gasteiger partial charge is 0.372 e. The molecule has 19 heavy (non-hydrogen) atoms. The highest BCUT2D eigenvalue weighted by Gasteiger charge is 2.14. The molecule has 100 valence electrons. The van der Waals surface area contributed by atoms with Gasteiger partial charge in [-0.3, -0.25) is 0 Å². The van der Waals surface area contributed by atoms with Gasteiger partial charge in [0, 0.05) is 5.56 Å². The van der Waals surface area contributed by atoms with Gasteiger partial charge in [0.15, 0.2) is 0 Å². The molecule has 0 aliphatic heterocycles. The van der Waals surface area contributed by atoms with Crippen LogP contribution in [0.1, 0.15) is 27.4 Å². The van der Waals surface area contributed by atoms with Crippen molar-refractivity contribution >= 4 is 17.6 Å². The van der Waals surface area contributed by atoms with E-state index in [4.69, 9.17) is 25.9 Å². The molecule has 0 unspecified atom stereocenters. The van der Waals surface area contributed by atoms with Crippen molar-refractivity contribution in [3.8, 4) is 5.75 Å². The molecule has 0 saturated heterocycles. The molecule has 0 amide bonds. The van der Waals surface area contributed by atoms with Gasteiger partial charge in [0.2, 0.25) is 5.76 Å². The van der Waals surface area contributed by atoms with Crippen LogP contribution in [0, 0.1) is 13.8 Å². The quantitative estimate of drug-likeness (QED) is 0.925. The number of furan rings is 1. The van der Waals surface area contributed by atoms with Gasteiger partial charge in [-0.25, -0.2) is 4.79 Å². The van der Waals surface area contributed by atoms with E-state index < -0.39 is 5.97 Å². The molecular weight excluding hydrogens is 268 g/mol. The molecule has 0 atom stereocenters. The number of carboxylic acids is 1. The fraction of sp³-hybridized carbons (Fsp3) is 0.214. The molecule has 0 spiro atoms. The first-order valence-corrected chi connectivity index (χ1v) is 6.06. The van der Waals surface area contributed by atoms with Crippen LogP contribution in [0.3, 0.4) is 0 Å². The van der Waals surface area contributed by atoms with E-state index in [9.17, 15) is 4.79 Å². The molecule has 1 aromatic heterocycles. The van der Waals surface area contributed by atoms with Gasteiger partial charge in [0.25, 0.3) is 0 Å². The number of hydrogen-bond donors (Lipinski definition) is 1. The van der Waals surface area contributed by atoms with E-state index >= 15 is 0 Å². The van der Waals surface area contributed by atoms with Crippen molar-refractivity contribution < 1.29 is 19.1 Å². The molecule has 0 radical (unpaired) electrons. The van der Waals surface area contributed by atoms with Crippen LogP contribution in [0.5, 0.6) is 5.75 Å². The van der Waals surface area contributed by atoms with E-state index in [-0.39, 0.29) is 12.4 Å². The van der Waals surface area contributed by atoms with E-state index in [0.717, 1.165) is 5.56 Å². The Morgan fingerprint density at radius 2 is 2.11 bits per heavy atom. The normalized spacial score (nSPS) is 10.5. The van der Waals surface area contributed by atoms with Crippen LogP contribution in [-0.2, 0) is 6.61 Å². The molecule has 0 aliphatic carbocycles. The summed E-state index contributed by atoms with van der Waals surface area (Å²) in [6.45, 7) is 3.75. The average Bonchev–Trinajstić information content (AvgIpc) is 2.72. The Balaban J connectivity index is 2.12. The topological polar surface area (TPSA) is 59.7 Å². The minimum atomic E-state index is -1.09. The maximum absolute atomic E-state index is 10.9. The van der Waals surface area contributed by atoms with Crippen LogP contribution in [0.15, 0.2) is 28.7 Å². The number of rotatable bonds is 4. The minimum Gasteiger partial charge on any atom is -0.484 e. The van der Waals surface area contributed by atoms with E-state index in [1.807, 2.05) is 19.1 Å². The molecule has 1 heterocycles. The molecule has 4 nitrogen and oxygen atoms in total. The zero-order chi connectivity index (χ0) is 14.0. The van der Waals surface area contributed by atoms with Gasteiger partial charge in [-0.1, -0.05) is 17.7 Å². The number of halogens is 1. The van der Waals surface area contributed by atoms with Crippen LogP contribution in [-0.4, -0.2) is 11.1 Å². The summed E-state index contributed by atoms with van der Waals surface area (Å²) >= 11 is 6.00. The molecule has 5 heteroatoms. The molecule has 0 aliphatic rings. The first kappa shape index (κ1) is 13.5. The van der Waals surface area contributed by atoms with Crippen LogP contribution >= 0.6 is 11.6 Å². The summed E-state index contributed by atoms with van der Waals surface area (Å²) < 4.78 is 10.7. The van der Waals surface area contributed by atoms with Crippen LogP contribution < -0.4 is 4.74 Å². The van der Waals surface area contributed by atoms with Gasteiger partial charge < -0.3 is 14.3 Å². The molecule has 0 bridgehead atoms. The summed E-state index contributed by atoms with van der Waals surface area (Å²) in [7, 11) is 0. The number of ether oxygens (including phenoxy) is 1. The van der Waals surface area contributed by atoms with Gasteiger partial charge in [0.1, 0.15) is 18.1 Å². The Kier molecular flexibility index (Phi) is 3.81. The fourth-order valence-corrected chi connectivity index (χ4v) is 1.87. The Morgan fingerprint density at radius 3 is 2.74 bits per heavy atom. The summed E-state index contributed by atoms with van der Waals surface area (Å²) in [6, 6.07) is 7.10. The van der Waals surface area contributed by atoms with Gasteiger partial charge >= 0.3 is 5.97 Å². The standard InChI is InChI=1S/C14H13ClO4/c1-8-3-4-11(15)12(5-8)18-7-10-6-9(2)13(19-10)14(16)17/h3-6H,7H2,1-2H3,(H,16,17). The third-order valence-electron chi connectivity index (χ3n) is 2.62. The maximum Gasteiger partial charge on any atom is 0.372 e. The predicted molar refractivity (Wildman–Crippen MR) is 70.9 cm³/mol. The van der Waals surface area contributed by atoms with Crippen molar-refractivity contribution in [3.05, 3.63) is 51.9 Å². The van der Waals surface area contributed by atoms with Crippen molar-refractivity contribution in [2.75, 3.05) is 0 Å². The molecule has 2 aromatic rings. The lowest BCUT2D eigenvalue weighted by Gasteiger charge is -2.07. The Labute approximate surface area is 115 Å². The zero-order valence-corrected chi connectivity index (χ0v) is 11.3. The van der Waals surface area contributed by atoms with Crippen LogP contribution in [0.2, 0.25) is 5.02 Å². The van der Waals surface area contributed by atoms with Gasteiger partial charge in [-0.2, -0.15) is 0 Å². The lowest BCUT2D eigenvalue weighted by Crippen LogP contribution is -1.96. The average molecular weight is 281 g/mol. The Bertz CT molecular complexity index is 616. The van der Waals surface area contributed by atoms with Gasteiger partial charge in [0.05, 0.1) is 5.02 Å². The van der Waals surface area contributed by atoms with E-state index in [0.29, 0.717) is 22.1 Å². The van der Waals surface area contributed by atoms with Crippen molar-refractivity contribution in [1.29, 1.82) is 0 Å². The summed E-state index contributed by atoms with van der Waals surface area (Å²) in [5.41, 5.74) is 1.60. The predicted octanol–water partition coefficient (Wildman–Crippen LogP) is 3.83. The minimum absolute atomic E-state index is 0.0612. The second kappa shape index (κ2) is 5.36. The SMILES string of the molecule is Cc1ccc(Cl)c(OCc2cc(C)c(C(=O)O)o2)c1. The second-order valence-electron chi connectivity index (χ2n) is 4.25. The summed E-state index contributed by atoms with van der Waals surface area (Å²) in [5.74, 6) is -0.147. The van der Waals surface area contributed by atoms with Crippen LogP contribution in [0.4, 0.5) is 0 Å². The molecule has 0 fully saturated rings. The van der Waals surface area contributed by atoms with E-state index in [1.54, 1.807) is 19.1 Å². The highest BCUT2D eigenvalue weighted by molar-refractivity contribution is 6.32. The zero-order valence-electron chi connectivity index (χ0n) is 10.6. The summed E-state index contributed by atoms with van der Waals surface area (Å²) in [4.78, 5) is 10.9. The third kappa shape index (κ3) is 3.09. The first-order valence-electron chi connectivity index (χ1n) is 5.69. The number of aromatic carboxylic acids is 1. The number of carbonyl (C=O) groups is 1. The molecular formula is C14H13ClO4. The van der Waals surface area contributed by atoms with E-state index in [2.05, 4.69) is 0 Å². The maximum atomic E-state index is 10.9. The van der Waals surface area contributed by atoms with Gasteiger partial charge in [-0.15, -0.1) is 0 Å². The van der Waals surface area contributed by atoms with E-state index in [1.165, 1.54) is 0 Å². The third-order valence-corrected chi connectivity index (χ3v) is 2.93. The highest BCUT2D eigenvalue weighted by atomic mass is 35.5. The number of benzene rings is 1. The molecule has 1 aromatic carbocycles. The molecule has 2 rings (SSSR count). The number of hydrogen-bond acceptors (Lipinski definition) is 3. The Morgan fingerprint density at radius 1 is 1.37 bits per heavy atom. The Hall–Kier alpha value is -1.94. The van der Waals surface area contributed by atoms with Crippen molar-refractivity contribution in [3.63, 3.8) is 0 Å². The largest absolute Gasteiger partial charge is 0.484 e. The van der Waals surface area contributed by atoms with Crippen molar-refractivity contribution in [2.45, 2.75) is 20.5 Å². The fourth-order valence-electron chi connectivity index (χ4n) is 1.70. The lowest BCUT2D eigenvalue weighted by molar-refractivity contribution is 0.0657. The second-order valence-corrected chi connectivity index (χ2v) is 4.66. The summed E-state index contributed by atoms with van der Waals surface area (Å²) in [5, 5.41) is 9.40. The molecule has 0 saturated carbocycles. The lowest BCUT2D eigenvalue weighted by atomic mass is 10.2. The number of aryl methyl sites for hydroxylation is 2. The first-order chi connectivity index (χ1) is 8.97.